The molecule has 0 aliphatic heterocycles. The molecule has 4 nitrogen and oxygen atoms in total. The summed E-state index contributed by atoms with van der Waals surface area (Å²) >= 11 is 0. The van der Waals surface area contributed by atoms with E-state index in [4.69, 9.17) is 6.57 Å². The maximum Gasteiger partial charge on any atom is 0.195 e. The largest absolute Gasteiger partial charge is 0.309 e. The van der Waals surface area contributed by atoms with Crippen LogP contribution >= 0.6 is 0 Å². The lowest BCUT2D eigenvalue weighted by atomic mass is 9.91. The van der Waals surface area contributed by atoms with Gasteiger partial charge >= 0.3 is 0 Å². The SMILES string of the molecule is [C-]#[N+]c1cccc(-c2cccc(-n3c4ccccc4c4ccccc43)c2)c1-c1cc(C#N)ccc1-n1c2ccccc2c2ccccc21. The Balaban J connectivity index is 1.33. The van der Waals surface area contributed by atoms with E-state index in [0.29, 0.717) is 11.3 Å². The van der Waals surface area contributed by atoms with Crippen molar-refractivity contribution < 1.29 is 0 Å². The smallest absolute Gasteiger partial charge is 0.195 e. The number of nitrogens with zero attached hydrogens (tertiary/aromatic N) is 4. The van der Waals surface area contributed by atoms with Crippen LogP contribution in [0.25, 0.3) is 82.1 Å². The van der Waals surface area contributed by atoms with Crippen molar-refractivity contribution in [1.29, 1.82) is 5.26 Å². The van der Waals surface area contributed by atoms with E-state index in [2.05, 4.69) is 147 Å². The number of fused-ring (bicyclic) bond motifs is 6. The van der Waals surface area contributed by atoms with Crippen LogP contribution in [-0.4, -0.2) is 9.13 Å². The first-order valence-corrected chi connectivity index (χ1v) is 15.9. The predicted octanol–water partition coefficient (Wildman–Crippen LogP) is 11.6. The van der Waals surface area contributed by atoms with Crippen molar-refractivity contribution in [3.63, 3.8) is 0 Å². The zero-order chi connectivity index (χ0) is 32.2. The molecule has 2 heterocycles. The van der Waals surface area contributed by atoms with Crippen molar-refractivity contribution in [2.45, 2.75) is 0 Å². The summed E-state index contributed by atoms with van der Waals surface area (Å²) < 4.78 is 4.58. The van der Waals surface area contributed by atoms with Gasteiger partial charge in [-0.2, -0.15) is 5.26 Å². The highest BCUT2D eigenvalue weighted by Gasteiger charge is 2.21. The Kier molecular flexibility index (Phi) is 6.22. The molecule has 0 bridgehead atoms. The van der Waals surface area contributed by atoms with E-state index >= 15 is 0 Å². The highest BCUT2D eigenvalue weighted by molar-refractivity contribution is 6.11. The van der Waals surface area contributed by atoms with Crippen molar-refractivity contribution in [2.24, 2.45) is 0 Å². The summed E-state index contributed by atoms with van der Waals surface area (Å²) in [5, 5.41) is 14.8. The molecular weight excluding hydrogens is 585 g/mol. The lowest BCUT2D eigenvalue weighted by molar-refractivity contribution is 1.18. The van der Waals surface area contributed by atoms with Crippen LogP contribution in [0, 0.1) is 17.9 Å². The third-order valence-electron chi connectivity index (χ3n) is 9.37. The molecule has 0 saturated heterocycles. The Hall–Kier alpha value is -6.88. The van der Waals surface area contributed by atoms with Crippen molar-refractivity contribution in [2.75, 3.05) is 0 Å². The van der Waals surface area contributed by atoms with E-state index < -0.39 is 0 Å². The maximum atomic E-state index is 10.1. The molecule has 0 unspecified atom stereocenters. The van der Waals surface area contributed by atoms with Gasteiger partial charge in [-0.05, 0) is 76.9 Å². The van der Waals surface area contributed by atoms with Gasteiger partial charge in [-0.25, -0.2) is 4.85 Å². The van der Waals surface area contributed by atoms with E-state index in [-0.39, 0.29) is 0 Å². The van der Waals surface area contributed by atoms with Crippen LogP contribution < -0.4 is 0 Å². The van der Waals surface area contributed by atoms with Gasteiger partial charge in [0.2, 0.25) is 0 Å². The topological polar surface area (TPSA) is 38.0 Å². The third kappa shape index (κ3) is 4.07. The molecule has 9 rings (SSSR count). The number of nitriles is 1. The molecule has 0 amide bonds. The van der Waals surface area contributed by atoms with Crippen molar-refractivity contribution >= 4 is 49.3 Å². The van der Waals surface area contributed by atoms with E-state index in [0.717, 1.165) is 66.5 Å². The van der Waals surface area contributed by atoms with Crippen LogP contribution in [0.15, 0.2) is 158 Å². The number of rotatable bonds is 4. The summed E-state index contributed by atoms with van der Waals surface area (Å²) in [7, 11) is 0. The average molecular weight is 611 g/mol. The second-order valence-corrected chi connectivity index (χ2v) is 11.9. The second kappa shape index (κ2) is 10.9. The Bertz CT molecular complexity index is 2710. The molecule has 7 aromatic carbocycles. The van der Waals surface area contributed by atoms with Gasteiger partial charge in [-0.15, -0.1) is 0 Å². The lowest BCUT2D eigenvalue weighted by Gasteiger charge is -2.19. The molecule has 9 aromatic rings. The number of hydrogen-bond donors (Lipinski definition) is 0. The first kappa shape index (κ1) is 27.4. The summed E-state index contributed by atoms with van der Waals surface area (Å²) in [6.07, 6.45) is 0. The molecule has 0 atom stereocenters. The number of benzene rings is 7. The maximum absolute atomic E-state index is 10.1. The normalized spacial score (nSPS) is 11.3. The second-order valence-electron chi connectivity index (χ2n) is 11.9. The molecule has 222 valence electrons. The molecule has 4 heteroatoms. The summed E-state index contributed by atoms with van der Waals surface area (Å²) in [6, 6.07) is 56.4. The molecule has 0 aliphatic carbocycles. The highest BCUT2D eigenvalue weighted by Crippen LogP contribution is 2.45. The van der Waals surface area contributed by atoms with Crippen LogP contribution in [-0.2, 0) is 0 Å². The zero-order valence-corrected chi connectivity index (χ0v) is 25.8. The fraction of sp³-hybridized carbons (Fsp3) is 0. The summed E-state index contributed by atoms with van der Waals surface area (Å²) in [5.41, 5.74) is 11.0. The molecule has 0 spiro atoms. The van der Waals surface area contributed by atoms with Crippen LogP contribution in [0.1, 0.15) is 5.56 Å². The van der Waals surface area contributed by atoms with Gasteiger partial charge in [-0.3, -0.25) is 0 Å². The Labute approximate surface area is 277 Å². The minimum absolute atomic E-state index is 0.534. The average Bonchev–Trinajstić information content (AvgIpc) is 3.67. The van der Waals surface area contributed by atoms with Crippen molar-refractivity contribution in [1.82, 2.24) is 9.13 Å². The Morgan fingerprint density at radius 3 is 1.60 bits per heavy atom. The van der Waals surface area contributed by atoms with E-state index in [1.165, 1.54) is 10.8 Å². The minimum Gasteiger partial charge on any atom is -0.309 e. The molecular formula is C44H26N4. The fourth-order valence-corrected chi connectivity index (χ4v) is 7.35. The van der Waals surface area contributed by atoms with Gasteiger partial charge in [0.1, 0.15) is 0 Å². The molecule has 0 radical (unpaired) electrons. The summed E-state index contributed by atoms with van der Waals surface area (Å²) in [5.74, 6) is 0. The van der Waals surface area contributed by atoms with E-state index in [1.54, 1.807) is 0 Å². The van der Waals surface area contributed by atoms with E-state index in [9.17, 15) is 5.26 Å². The number of para-hydroxylation sites is 4. The van der Waals surface area contributed by atoms with Gasteiger partial charge in [0.15, 0.2) is 5.69 Å². The van der Waals surface area contributed by atoms with Crippen LogP contribution in [0.3, 0.4) is 0 Å². The third-order valence-corrected chi connectivity index (χ3v) is 9.37. The number of hydrogen-bond acceptors (Lipinski definition) is 1. The van der Waals surface area contributed by atoms with Gasteiger partial charge in [-0.1, -0.05) is 103 Å². The molecule has 0 N–H and O–H groups in total. The molecule has 0 fully saturated rings. The fourth-order valence-electron chi connectivity index (χ4n) is 7.35. The Morgan fingerprint density at radius 2 is 1.04 bits per heavy atom. The molecule has 0 aliphatic rings. The molecule has 2 aromatic heterocycles. The van der Waals surface area contributed by atoms with E-state index in [1.807, 2.05) is 30.3 Å². The van der Waals surface area contributed by atoms with Crippen LogP contribution in [0.5, 0.6) is 0 Å². The van der Waals surface area contributed by atoms with Crippen molar-refractivity contribution in [3.8, 4) is 39.7 Å². The predicted molar refractivity (Wildman–Crippen MR) is 197 cm³/mol. The molecule has 48 heavy (non-hydrogen) atoms. The quantitative estimate of drug-likeness (QED) is 0.183. The van der Waals surface area contributed by atoms with Gasteiger partial charge < -0.3 is 9.13 Å². The minimum atomic E-state index is 0.534. The first-order valence-electron chi connectivity index (χ1n) is 15.9. The van der Waals surface area contributed by atoms with Crippen molar-refractivity contribution in [3.05, 3.63) is 175 Å². The monoisotopic (exact) mass is 610 g/mol. The van der Waals surface area contributed by atoms with Crippen LogP contribution in [0.2, 0.25) is 0 Å². The highest BCUT2D eigenvalue weighted by atomic mass is 15.0. The summed E-state index contributed by atoms with van der Waals surface area (Å²) in [4.78, 5) is 4.04. The van der Waals surface area contributed by atoms with Gasteiger partial charge in [0, 0.05) is 27.2 Å². The van der Waals surface area contributed by atoms with Crippen LogP contribution in [0.4, 0.5) is 5.69 Å². The van der Waals surface area contributed by atoms with Gasteiger partial charge in [0.25, 0.3) is 0 Å². The standard InChI is InChI=1S/C44H26N4/c1-46-38-19-11-18-32(30-12-10-13-31(27-30)47-39-20-6-2-14-33(39)34-15-3-7-21-40(34)47)44(38)37-26-29(28-45)24-25-43(37)48-41-22-8-4-16-35(41)36-17-5-9-23-42(36)48/h2-27H. The number of aromatic nitrogens is 2. The van der Waals surface area contributed by atoms with Gasteiger partial charge in [0.05, 0.1) is 46.0 Å². The molecule has 0 saturated carbocycles. The lowest BCUT2D eigenvalue weighted by Crippen LogP contribution is -1.99. The summed E-state index contributed by atoms with van der Waals surface area (Å²) in [6.45, 7) is 8.28. The Morgan fingerprint density at radius 1 is 0.500 bits per heavy atom. The zero-order valence-electron chi connectivity index (χ0n) is 25.8. The first-order chi connectivity index (χ1) is 23.7.